The highest BCUT2D eigenvalue weighted by molar-refractivity contribution is 7.85. The molecule has 0 bridgehead atoms. The Morgan fingerprint density at radius 2 is 1.41 bits per heavy atom. The summed E-state index contributed by atoms with van der Waals surface area (Å²) in [6.45, 7) is 7.66. The summed E-state index contributed by atoms with van der Waals surface area (Å²) in [6.07, 6.45) is 2.37. The zero-order chi connectivity index (χ0) is 25.9. The number of rotatable bonds is 6. The molecule has 1 atom stereocenters. The number of anilines is 1. The number of piperazine rings is 1. The average molecular weight is 544 g/mol. The van der Waals surface area contributed by atoms with Crippen molar-refractivity contribution in [1.29, 1.82) is 0 Å². The van der Waals surface area contributed by atoms with Crippen LogP contribution in [0.1, 0.15) is 6.42 Å². The molecule has 2 aliphatic rings. The molecule has 0 aromatic heterocycles. The second-order valence-corrected chi connectivity index (χ2v) is 11.4. The molecular weight excluding hydrogens is 510 g/mol. The third kappa shape index (κ3) is 14.2. The van der Waals surface area contributed by atoms with Gasteiger partial charge in [0, 0.05) is 63.6 Å². The highest BCUT2D eigenvalue weighted by atomic mass is 35.5. The lowest BCUT2D eigenvalue weighted by Crippen LogP contribution is -2.49. The largest absolute Gasteiger partial charge is 0.383 e. The van der Waals surface area contributed by atoms with Gasteiger partial charge in [-0.1, -0.05) is 11.6 Å². The molecule has 1 aromatic carbocycles. The Labute approximate surface area is 207 Å². The van der Waals surface area contributed by atoms with Gasteiger partial charge in [0.2, 0.25) is 5.91 Å². The Balaban J connectivity index is 0.000000489. The topological polar surface area (TPSA) is 145 Å². The Kier molecular flexibility index (Phi) is 12.9. The number of carbonyl (C=O) groups is 1. The molecule has 2 N–H and O–H groups in total. The van der Waals surface area contributed by atoms with Gasteiger partial charge >= 0.3 is 0 Å². The van der Waals surface area contributed by atoms with Crippen molar-refractivity contribution in [2.24, 2.45) is 5.92 Å². The fraction of sp³-hybridized carbons (Fsp3) is 0.650. The van der Waals surface area contributed by atoms with Gasteiger partial charge in [0.25, 0.3) is 20.2 Å². The summed E-state index contributed by atoms with van der Waals surface area (Å²) in [5.74, 6) is 0.366. The van der Waals surface area contributed by atoms with Crippen LogP contribution in [0.2, 0.25) is 5.02 Å². The number of amides is 1. The van der Waals surface area contributed by atoms with E-state index >= 15 is 0 Å². The molecule has 11 nitrogen and oxygen atoms in total. The van der Waals surface area contributed by atoms with Crippen LogP contribution in [0.25, 0.3) is 0 Å². The predicted octanol–water partition coefficient (Wildman–Crippen LogP) is 0.965. The first-order chi connectivity index (χ1) is 15.7. The summed E-state index contributed by atoms with van der Waals surface area (Å²) in [4.78, 5) is 19.5. The van der Waals surface area contributed by atoms with Crippen LogP contribution in [-0.4, -0.2) is 114 Å². The van der Waals surface area contributed by atoms with E-state index in [1.807, 2.05) is 29.2 Å². The zero-order valence-corrected chi connectivity index (χ0v) is 22.0. The summed E-state index contributed by atoms with van der Waals surface area (Å²) in [5, 5.41) is 0.702. The molecule has 1 aromatic rings. The highest BCUT2D eigenvalue weighted by Crippen LogP contribution is 2.27. The molecule has 1 amide bonds. The van der Waals surface area contributed by atoms with Gasteiger partial charge in [-0.2, -0.15) is 16.8 Å². The average Bonchev–Trinajstić information content (AvgIpc) is 3.06. The monoisotopic (exact) mass is 543 g/mol. The zero-order valence-electron chi connectivity index (χ0n) is 19.6. The van der Waals surface area contributed by atoms with Gasteiger partial charge in [-0.3, -0.25) is 18.8 Å². The molecule has 34 heavy (non-hydrogen) atoms. The van der Waals surface area contributed by atoms with E-state index in [9.17, 15) is 21.6 Å². The fourth-order valence-corrected chi connectivity index (χ4v) is 3.64. The van der Waals surface area contributed by atoms with Gasteiger partial charge in [0.05, 0.1) is 25.0 Å². The van der Waals surface area contributed by atoms with E-state index in [2.05, 4.69) is 9.80 Å². The van der Waals surface area contributed by atoms with Crippen LogP contribution in [0, 0.1) is 5.92 Å². The van der Waals surface area contributed by atoms with E-state index in [0.717, 1.165) is 64.5 Å². The minimum Gasteiger partial charge on any atom is -0.383 e. The Hall–Kier alpha value is -1.32. The van der Waals surface area contributed by atoms with Crippen LogP contribution in [0.5, 0.6) is 0 Å². The van der Waals surface area contributed by atoms with Gasteiger partial charge in [-0.05, 0) is 30.7 Å². The second kappa shape index (κ2) is 14.3. The van der Waals surface area contributed by atoms with E-state index in [4.69, 9.17) is 25.4 Å². The van der Waals surface area contributed by atoms with Crippen molar-refractivity contribution in [1.82, 2.24) is 9.80 Å². The van der Waals surface area contributed by atoms with E-state index < -0.39 is 20.2 Å². The summed E-state index contributed by atoms with van der Waals surface area (Å²) in [6, 6.07) is 7.54. The van der Waals surface area contributed by atoms with Crippen LogP contribution in [0.15, 0.2) is 24.3 Å². The van der Waals surface area contributed by atoms with E-state index in [-0.39, 0.29) is 11.8 Å². The van der Waals surface area contributed by atoms with Gasteiger partial charge in [-0.25, -0.2) is 0 Å². The van der Waals surface area contributed by atoms with Crippen LogP contribution in [0.4, 0.5) is 5.69 Å². The van der Waals surface area contributed by atoms with Crippen molar-refractivity contribution in [3.8, 4) is 0 Å². The summed E-state index contributed by atoms with van der Waals surface area (Å²) >= 11 is 5.93. The number of hydrogen-bond acceptors (Lipinski definition) is 8. The molecule has 14 heteroatoms. The molecule has 0 saturated carbocycles. The molecular formula is C20H34ClN3O8S2. The van der Waals surface area contributed by atoms with Gasteiger partial charge in [0.1, 0.15) is 0 Å². The standard InChI is InChI=1S/C18H26ClN3O2.2CH4O3S/c1-24-13-12-20-8-10-21(11-9-20)14-15-6-7-22(18(15)23)17-4-2-16(19)3-5-17;2*1-5(2,3)4/h2-5,15H,6-14H2,1H3;2*1H3,(H,2,3,4)/t15-;;/m1../s1. The molecule has 0 aliphatic carbocycles. The first-order valence-electron chi connectivity index (χ1n) is 10.5. The first kappa shape index (κ1) is 30.7. The number of ether oxygens (including phenoxy) is 1. The molecule has 196 valence electrons. The first-order valence-corrected chi connectivity index (χ1v) is 14.6. The second-order valence-electron chi connectivity index (χ2n) is 8.05. The molecule has 2 aliphatic heterocycles. The number of carbonyl (C=O) groups excluding carboxylic acids is 1. The molecule has 2 heterocycles. The van der Waals surface area contributed by atoms with Crippen molar-refractivity contribution in [3.05, 3.63) is 29.3 Å². The fourth-order valence-electron chi connectivity index (χ4n) is 3.51. The lowest BCUT2D eigenvalue weighted by molar-refractivity contribution is -0.121. The van der Waals surface area contributed by atoms with Crippen molar-refractivity contribution in [2.45, 2.75) is 6.42 Å². The quantitative estimate of drug-likeness (QED) is 0.497. The SMILES string of the molecule is COCCN1CCN(C[C@H]2CCN(c3ccc(Cl)cc3)C2=O)CC1.CS(=O)(=O)O.CS(=O)(=O)O. The van der Waals surface area contributed by atoms with Crippen molar-refractivity contribution in [3.63, 3.8) is 0 Å². The maximum atomic E-state index is 12.7. The molecule has 3 rings (SSSR count). The lowest BCUT2D eigenvalue weighted by atomic mass is 10.1. The Morgan fingerprint density at radius 1 is 0.941 bits per heavy atom. The summed E-state index contributed by atoms with van der Waals surface area (Å²) < 4.78 is 56.9. The maximum absolute atomic E-state index is 12.7. The van der Waals surface area contributed by atoms with Crippen LogP contribution in [0.3, 0.4) is 0 Å². The van der Waals surface area contributed by atoms with Gasteiger partial charge in [-0.15, -0.1) is 0 Å². The normalized spacial score (nSPS) is 19.8. The summed E-state index contributed by atoms with van der Waals surface area (Å²) in [7, 11) is -5.59. The Morgan fingerprint density at radius 3 is 1.88 bits per heavy atom. The van der Waals surface area contributed by atoms with Crippen LogP contribution < -0.4 is 4.90 Å². The molecule has 2 saturated heterocycles. The number of methoxy groups -OCH3 is 1. The number of hydrogen-bond donors (Lipinski definition) is 2. The predicted molar refractivity (Wildman–Crippen MR) is 132 cm³/mol. The summed E-state index contributed by atoms with van der Waals surface area (Å²) in [5.41, 5.74) is 0.955. The molecule has 0 radical (unpaired) electrons. The molecule has 0 unspecified atom stereocenters. The minimum atomic E-state index is -3.67. The lowest BCUT2D eigenvalue weighted by Gasteiger charge is -2.35. The van der Waals surface area contributed by atoms with Crippen LogP contribution in [-0.2, 0) is 29.8 Å². The number of benzene rings is 1. The Bertz CT molecular complexity index is 920. The number of halogens is 1. The molecule has 2 fully saturated rings. The molecule has 0 spiro atoms. The van der Waals surface area contributed by atoms with E-state index in [0.29, 0.717) is 17.5 Å². The minimum absolute atomic E-state index is 0.117. The van der Waals surface area contributed by atoms with E-state index in [1.165, 1.54) is 0 Å². The van der Waals surface area contributed by atoms with Crippen molar-refractivity contribution in [2.75, 3.05) is 76.9 Å². The smallest absolute Gasteiger partial charge is 0.261 e. The van der Waals surface area contributed by atoms with Crippen molar-refractivity contribution < 1.29 is 35.5 Å². The third-order valence-corrected chi connectivity index (χ3v) is 5.26. The van der Waals surface area contributed by atoms with Crippen LogP contribution >= 0.6 is 11.6 Å². The highest BCUT2D eigenvalue weighted by Gasteiger charge is 2.34. The van der Waals surface area contributed by atoms with Gasteiger partial charge in [0.15, 0.2) is 0 Å². The van der Waals surface area contributed by atoms with E-state index in [1.54, 1.807) is 7.11 Å². The van der Waals surface area contributed by atoms with Crippen molar-refractivity contribution >= 4 is 43.4 Å². The third-order valence-electron chi connectivity index (χ3n) is 5.01. The van der Waals surface area contributed by atoms with Gasteiger partial charge < -0.3 is 14.5 Å². The maximum Gasteiger partial charge on any atom is 0.261 e. The number of nitrogens with zero attached hydrogens (tertiary/aromatic N) is 3.